The number of carbonyl (C=O) groups excluding carboxylic acids is 1. The van der Waals surface area contributed by atoms with E-state index in [1.54, 1.807) is 12.1 Å². The number of benzene rings is 1. The zero-order valence-electron chi connectivity index (χ0n) is 18.0. The molecular formula is C22H31Cl2N5O. The average Bonchev–Trinajstić information content (AvgIpc) is 2.99. The molecule has 1 aliphatic heterocycles. The third-order valence-electron chi connectivity index (χ3n) is 5.75. The number of aromatic nitrogens is 2. The lowest BCUT2D eigenvalue weighted by atomic mass is 10.1. The highest BCUT2D eigenvalue weighted by atomic mass is 35.5. The summed E-state index contributed by atoms with van der Waals surface area (Å²) in [6.45, 7) is 10.3. The SMILES string of the molecule is Cc1nn(-c2ccc(Cl)c(Cl)c2)c(C)c1CC(=O)NCCCCN1CCN(C)CC1. The highest BCUT2D eigenvalue weighted by molar-refractivity contribution is 6.42. The largest absolute Gasteiger partial charge is 0.356 e. The van der Waals surface area contributed by atoms with Gasteiger partial charge in [-0.2, -0.15) is 5.10 Å². The Morgan fingerprint density at radius 3 is 2.53 bits per heavy atom. The van der Waals surface area contributed by atoms with Gasteiger partial charge in [0.05, 0.1) is 27.8 Å². The summed E-state index contributed by atoms with van der Waals surface area (Å²) in [5.74, 6) is 0.0366. The van der Waals surface area contributed by atoms with Crippen LogP contribution in [0.3, 0.4) is 0 Å². The van der Waals surface area contributed by atoms with Crippen LogP contribution in [0.25, 0.3) is 5.69 Å². The highest BCUT2D eigenvalue weighted by Crippen LogP contribution is 2.26. The molecule has 1 saturated heterocycles. The molecule has 0 atom stereocenters. The third kappa shape index (κ3) is 5.97. The van der Waals surface area contributed by atoms with E-state index in [0.717, 1.165) is 68.2 Å². The molecule has 1 aliphatic rings. The van der Waals surface area contributed by atoms with Crippen molar-refractivity contribution in [2.75, 3.05) is 46.3 Å². The summed E-state index contributed by atoms with van der Waals surface area (Å²) in [5.41, 5.74) is 3.58. The van der Waals surface area contributed by atoms with Gasteiger partial charge in [0.15, 0.2) is 0 Å². The van der Waals surface area contributed by atoms with Crippen molar-refractivity contribution in [2.45, 2.75) is 33.1 Å². The van der Waals surface area contributed by atoms with Crippen LogP contribution in [-0.2, 0) is 11.2 Å². The van der Waals surface area contributed by atoms with Crippen LogP contribution in [0.5, 0.6) is 0 Å². The van der Waals surface area contributed by atoms with E-state index < -0.39 is 0 Å². The molecule has 1 amide bonds. The van der Waals surface area contributed by atoms with Crippen LogP contribution in [0.2, 0.25) is 10.0 Å². The maximum atomic E-state index is 12.5. The van der Waals surface area contributed by atoms with Gasteiger partial charge < -0.3 is 15.1 Å². The second kappa shape index (κ2) is 10.6. The predicted molar refractivity (Wildman–Crippen MR) is 123 cm³/mol. The molecule has 30 heavy (non-hydrogen) atoms. The van der Waals surface area contributed by atoms with Gasteiger partial charge in [-0.3, -0.25) is 4.79 Å². The van der Waals surface area contributed by atoms with E-state index in [1.165, 1.54) is 0 Å². The first kappa shape index (κ1) is 23.1. The minimum atomic E-state index is 0.0366. The molecule has 1 aromatic carbocycles. The summed E-state index contributed by atoms with van der Waals surface area (Å²) in [6.07, 6.45) is 2.44. The van der Waals surface area contributed by atoms with Gasteiger partial charge in [-0.05, 0) is 58.5 Å². The summed E-state index contributed by atoms with van der Waals surface area (Å²) in [7, 11) is 2.17. The highest BCUT2D eigenvalue weighted by Gasteiger charge is 2.17. The van der Waals surface area contributed by atoms with E-state index in [2.05, 4.69) is 27.3 Å². The van der Waals surface area contributed by atoms with E-state index in [4.69, 9.17) is 23.2 Å². The van der Waals surface area contributed by atoms with Crippen molar-refractivity contribution < 1.29 is 4.79 Å². The van der Waals surface area contributed by atoms with Crippen molar-refractivity contribution >= 4 is 29.1 Å². The quantitative estimate of drug-likeness (QED) is 0.624. The van der Waals surface area contributed by atoms with Gasteiger partial charge in [0.2, 0.25) is 5.91 Å². The van der Waals surface area contributed by atoms with Crippen LogP contribution in [0.15, 0.2) is 18.2 Å². The number of nitrogens with one attached hydrogen (secondary N) is 1. The number of rotatable bonds is 8. The summed E-state index contributed by atoms with van der Waals surface area (Å²) >= 11 is 12.2. The van der Waals surface area contributed by atoms with Gasteiger partial charge in [-0.15, -0.1) is 0 Å². The van der Waals surface area contributed by atoms with Crippen LogP contribution in [0.1, 0.15) is 29.8 Å². The molecular weight excluding hydrogens is 421 g/mol. The first-order valence-electron chi connectivity index (χ1n) is 10.5. The molecule has 1 aromatic heterocycles. The van der Waals surface area contributed by atoms with E-state index in [0.29, 0.717) is 23.0 Å². The molecule has 1 fully saturated rings. The molecule has 1 N–H and O–H groups in total. The Balaban J connectivity index is 1.47. The Kier molecular flexibility index (Phi) is 8.17. The molecule has 164 valence electrons. The summed E-state index contributed by atoms with van der Waals surface area (Å²) in [6, 6.07) is 5.41. The third-order valence-corrected chi connectivity index (χ3v) is 6.48. The smallest absolute Gasteiger partial charge is 0.224 e. The first-order chi connectivity index (χ1) is 14.3. The van der Waals surface area contributed by atoms with Crippen LogP contribution in [0, 0.1) is 13.8 Å². The number of hydrogen-bond donors (Lipinski definition) is 1. The molecule has 0 saturated carbocycles. The Morgan fingerprint density at radius 2 is 1.83 bits per heavy atom. The molecule has 2 heterocycles. The van der Waals surface area contributed by atoms with Gasteiger partial charge >= 0.3 is 0 Å². The zero-order chi connectivity index (χ0) is 21.7. The second-order valence-electron chi connectivity index (χ2n) is 8.04. The Labute approximate surface area is 189 Å². The van der Waals surface area contributed by atoms with E-state index in [-0.39, 0.29) is 5.91 Å². The number of nitrogens with zero attached hydrogens (tertiary/aromatic N) is 4. The van der Waals surface area contributed by atoms with E-state index in [9.17, 15) is 4.79 Å². The molecule has 2 aromatic rings. The first-order valence-corrected chi connectivity index (χ1v) is 11.3. The number of halogens is 2. The van der Waals surface area contributed by atoms with Crippen molar-refractivity contribution in [1.82, 2.24) is 24.9 Å². The Bertz CT molecular complexity index is 875. The van der Waals surface area contributed by atoms with E-state index >= 15 is 0 Å². The molecule has 0 bridgehead atoms. The molecule has 3 rings (SSSR count). The zero-order valence-corrected chi connectivity index (χ0v) is 19.6. The van der Waals surface area contributed by atoms with Crippen molar-refractivity contribution in [3.05, 3.63) is 45.2 Å². The standard InChI is InChI=1S/C22H31Cl2N5O/c1-16-19(17(2)29(26-16)18-6-7-20(23)21(24)14-18)15-22(30)25-8-4-5-9-28-12-10-27(3)11-13-28/h6-7,14H,4-5,8-13,15H2,1-3H3,(H,25,30). The van der Waals surface area contributed by atoms with Gasteiger partial charge in [-0.1, -0.05) is 23.2 Å². The molecule has 8 heteroatoms. The van der Waals surface area contributed by atoms with Crippen molar-refractivity contribution in [1.29, 1.82) is 0 Å². The molecule has 0 spiro atoms. The van der Waals surface area contributed by atoms with Gasteiger partial charge in [0, 0.05) is 44.0 Å². The Hall–Kier alpha value is -1.60. The number of likely N-dealkylation sites (N-methyl/N-ethyl adjacent to an activating group) is 1. The Morgan fingerprint density at radius 1 is 1.10 bits per heavy atom. The van der Waals surface area contributed by atoms with Gasteiger partial charge in [0.25, 0.3) is 0 Å². The van der Waals surface area contributed by atoms with Crippen molar-refractivity contribution in [3.63, 3.8) is 0 Å². The van der Waals surface area contributed by atoms with Crippen LogP contribution < -0.4 is 5.32 Å². The van der Waals surface area contributed by atoms with E-state index in [1.807, 2.05) is 24.6 Å². The second-order valence-corrected chi connectivity index (χ2v) is 8.85. The van der Waals surface area contributed by atoms with Crippen LogP contribution in [-0.4, -0.2) is 71.8 Å². The lowest BCUT2D eigenvalue weighted by Gasteiger charge is -2.32. The number of aryl methyl sites for hydroxylation is 1. The number of carbonyl (C=O) groups is 1. The lowest BCUT2D eigenvalue weighted by molar-refractivity contribution is -0.120. The average molecular weight is 452 g/mol. The maximum Gasteiger partial charge on any atom is 0.224 e. The maximum absolute atomic E-state index is 12.5. The topological polar surface area (TPSA) is 53.4 Å². The molecule has 0 radical (unpaired) electrons. The van der Waals surface area contributed by atoms with Gasteiger partial charge in [0.1, 0.15) is 0 Å². The van der Waals surface area contributed by atoms with Crippen LogP contribution in [0.4, 0.5) is 0 Å². The fourth-order valence-electron chi connectivity index (χ4n) is 3.78. The monoisotopic (exact) mass is 451 g/mol. The molecule has 0 aliphatic carbocycles. The number of unbranched alkanes of at least 4 members (excludes halogenated alkanes) is 1. The van der Waals surface area contributed by atoms with Crippen molar-refractivity contribution in [3.8, 4) is 5.69 Å². The predicted octanol–water partition coefficient (Wildman–Crippen LogP) is 3.48. The minimum Gasteiger partial charge on any atom is -0.356 e. The minimum absolute atomic E-state index is 0.0366. The van der Waals surface area contributed by atoms with Gasteiger partial charge in [-0.25, -0.2) is 4.68 Å². The number of amides is 1. The summed E-state index contributed by atoms with van der Waals surface area (Å²) < 4.78 is 1.82. The summed E-state index contributed by atoms with van der Waals surface area (Å²) in [5, 5.41) is 8.64. The van der Waals surface area contributed by atoms with Crippen LogP contribution >= 0.6 is 23.2 Å². The normalized spacial score (nSPS) is 15.5. The molecule has 6 nitrogen and oxygen atoms in total. The molecule has 0 unspecified atom stereocenters. The number of hydrogen-bond acceptors (Lipinski definition) is 4. The lowest BCUT2D eigenvalue weighted by Crippen LogP contribution is -2.44. The fourth-order valence-corrected chi connectivity index (χ4v) is 4.07. The number of piperazine rings is 1. The summed E-state index contributed by atoms with van der Waals surface area (Å²) in [4.78, 5) is 17.3. The van der Waals surface area contributed by atoms with Crippen molar-refractivity contribution in [2.24, 2.45) is 0 Å². The fraction of sp³-hybridized carbons (Fsp3) is 0.545.